The highest BCUT2D eigenvalue weighted by Crippen LogP contribution is 2.38. The minimum atomic E-state index is -4.91. The number of rotatable bonds is 3. The van der Waals surface area contributed by atoms with Gasteiger partial charge in [0.2, 0.25) is 11.7 Å². The van der Waals surface area contributed by atoms with Crippen LogP contribution in [-0.2, 0) is 12.6 Å². The van der Waals surface area contributed by atoms with Gasteiger partial charge < -0.3 is 18.7 Å². The van der Waals surface area contributed by atoms with Crippen LogP contribution < -0.4 is 0 Å². The molecule has 1 aliphatic rings. The first-order valence-electron chi connectivity index (χ1n) is 10.7. The summed E-state index contributed by atoms with van der Waals surface area (Å²) in [6.07, 6.45) is 1.90. The number of hydrogen-bond donors (Lipinski definition) is 1. The summed E-state index contributed by atoms with van der Waals surface area (Å²) in [6, 6.07) is 9.27. The van der Waals surface area contributed by atoms with Gasteiger partial charge in [-0.1, -0.05) is 12.1 Å². The number of alkyl halides is 3. The van der Waals surface area contributed by atoms with Gasteiger partial charge >= 0.3 is 6.18 Å². The second-order valence-electron chi connectivity index (χ2n) is 7.96. The molecule has 35 heavy (non-hydrogen) atoms. The van der Waals surface area contributed by atoms with Crippen LogP contribution in [0.5, 0.6) is 0 Å². The van der Waals surface area contributed by atoms with Crippen LogP contribution in [0.15, 0.2) is 65.7 Å². The van der Waals surface area contributed by atoms with Crippen molar-refractivity contribution in [2.45, 2.75) is 18.6 Å². The van der Waals surface area contributed by atoms with E-state index >= 15 is 0 Å². The standard InChI is InChI=1S/C23H16F3N7O2/c24-23(25,26)20-19(35-21(31-20)14-5-1-3-8-27-14)22(34)33-10-7-13-17(29-12-28-13)18(33)15-11-32-9-4-2-6-16(32)30-15/h1-6,8-9,11-12,18H,7,10H2,(H,28,29)/t18-/m1/s1. The molecule has 6 rings (SSSR count). The van der Waals surface area contributed by atoms with Gasteiger partial charge in [0.25, 0.3) is 5.91 Å². The summed E-state index contributed by atoms with van der Waals surface area (Å²) in [5.74, 6) is -2.24. The van der Waals surface area contributed by atoms with Crippen LogP contribution in [0.1, 0.15) is 39.4 Å². The second-order valence-corrected chi connectivity index (χ2v) is 7.96. The van der Waals surface area contributed by atoms with Gasteiger partial charge in [0.1, 0.15) is 17.4 Å². The number of aromatic nitrogens is 6. The number of aromatic amines is 1. The number of hydrogen-bond acceptors (Lipinski definition) is 6. The molecule has 6 heterocycles. The van der Waals surface area contributed by atoms with Gasteiger partial charge in [0.15, 0.2) is 5.69 Å². The number of H-pyrrole nitrogens is 1. The molecule has 0 aliphatic carbocycles. The van der Waals surface area contributed by atoms with Crippen LogP contribution in [0.25, 0.3) is 17.2 Å². The highest BCUT2D eigenvalue weighted by atomic mass is 19.4. The van der Waals surface area contributed by atoms with Gasteiger partial charge in [-0.25, -0.2) is 15.0 Å². The van der Waals surface area contributed by atoms with Gasteiger partial charge in [-0.05, 0) is 24.3 Å². The number of imidazole rings is 2. The Morgan fingerprint density at radius 2 is 1.97 bits per heavy atom. The summed E-state index contributed by atoms with van der Waals surface area (Å²) in [5, 5.41) is 0. The van der Waals surface area contributed by atoms with Crippen molar-refractivity contribution in [1.29, 1.82) is 0 Å². The first-order valence-corrected chi connectivity index (χ1v) is 10.7. The molecule has 1 aliphatic heterocycles. The van der Waals surface area contributed by atoms with Crippen molar-refractivity contribution in [3.05, 3.63) is 89.9 Å². The molecule has 0 spiro atoms. The van der Waals surface area contributed by atoms with Crippen molar-refractivity contribution in [3.63, 3.8) is 0 Å². The van der Waals surface area contributed by atoms with Crippen molar-refractivity contribution < 1.29 is 22.4 Å². The third-order valence-corrected chi connectivity index (χ3v) is 5.82. The number of carbonyl (C=O) groups excluding carboxylic acids is 1. The third-order valence-electron chi connectivity index (χ3n) is 5.82. The largest absolute Gasteiger partial charge is 0.437 e. The van der Waals surface area contributed by atoms with Crippen molar-refractivity contribution in [1.82, 2.24) is 34.2 Å². The molecule has 0 saturated heterocycles. The summed E-state index contributed by atoms with van der Waals surface area (Å²) in [6.45, 7) is 0.128. The van der Waals surface area contributed by atoms with Gasteiger partial charge in [-0.2, -0.15) is 13.2 Å². The predicted octanol–water partition coefficient (Wildman–Crippen LogP) is 3.91. The Kier molecular flexibility index (Phi) is 4.69. The van der Waals surface area contributed by atoms with Crippen LogP contribution in [0, 0.1) is 0 Å². The van der Waals surface area contributed by atoms with Crippen LogP contribution in [0.2, 0.25) is 0 Å². The maximum Gasteiger partial charge on any atom is 0.437 e. The molecule has 0 bridgehead atoms. The molecule has 176 valence electrons. The van der Waals surface area contributed by atoms with Crippen LogP contribution in [0.3, 0.4) is 0 Å². The summed E-state index contributed by atoms with van der Waals surface area (Å²) < 4.78 is 48.9. The van der Waals surface area contributed by atoms with E-state index in [1.165, 1.54) is 23.5 Å². The molecule has 1 atom stereocenters. The van der Waals surface area contributed by atoms with E-state index in [1.807, 2.05) is 12.1 Å². The zero-order chi connectivity index (χ0) is 24.2. The number of nitrogens with one attached hydrogen (secondary N) is 1. The fourth-order valence-corrected chi connectivity index (χ4v) is 4.27. The quantitative estimate of drug-likeness (QED) is 0.421. The second kappa shape index (κ2) is 7.79. The predicted molar refractivity (Wildman–Crippen MR) is 115 cm³/mol. The van der Waals surface area contributed by atoms with Gasteiger partial charge in [-0.3, -0.25) is 9.78 Å². The molecule has 1 N–H and O–H groups in total. The number of carbonyl (C=O) groups is 1. The Bertz CT molecular complexity index is 1500. The number of pyridine rings is 2. The van der Waals surface area contributed by atoms with E-state index in [-0.39, 0.29) is 18.1 Å². The molecular formula is C23H16F3N7O2. The van der Waals surface area contributed by atoms with E-state index in [1.54, 1.807) is 35.0 Å². The minimum Gasteiger partial charge on any atom is -0.429 e. The molecule has 0 saturated carbocycles. The van der Waals surface area contributed by atoms with Crippen LogP contribution >= 0.6 is 0 Å². The smallest absolute Gasteiger partial charge is 0.429 e. The van der Waals surface area contributed by atoms with E-state index in [9.17, 15) is 18.0 Å². The summed E-state index contributed by atoms with van der Waals surface area (Å²) >= 11 is 0. The van der Waals surface area contributed by atoms with E-state index in [2.05, 4.69) is 24.9 Å². The van der Waals surface area contributed by atoms with Crippen LogP contribution in [-0.4, -0.2) is 46.7 Å². The monoisotopic (exact) mass is 479 g/mol. The molecular weight excluding hydrogens is 463 g/mol. The fourth-order valence-electron chi connectivity index (χ4n) is 4.27. The number of amides is 1. The Labute approximate surface area is 195 Å². The van der Waals surface area contributed by atoms with E-state index in [0.717, 1.165) is 5.69 Å². The lowest BCUT2D eigenvalue weighted by molar-refractivity contribution is -0.141. The Morgan fingerprint density at radius 3 is 2.74 bits per heavy atom. The topological polar surface area (TPSA) is 105 Å². The molecule has 12 heteroatoms. The normalized spacial score (nSPS) is 16.0. The molecule has 5 aromatic heterocycles. The zero-order valence-corrected chi connectivity index (χ0v) is 17.9. The average molecular weight is 479 g/mol. The zero-order valence-electron chi connectivity index (χ0n) is 17.9. The van der Waals surface area contributed by atoms with E-state index < -0.39 is 29.6 Å². The molecule has 0 aromatic carbocycles. The van der Waals surface area contributed by atoms with Gasteiger partial charge in [0.05, 0.1) is 17.7 Å². The van der Waals surface area contributed by atoms with Crippen molar-refractivity contribution in [3.8, 4) is 11.6 Å². The third kappa shape index (κ3) is 3.54. The number of nitrogens with zero attached hydrogens (tertiary/aromatic N) is 6. The number of fused-ring (bicyclic) bond motifs is 2. The number of halogens is 3. The lowest BCUT2D eigenvalue weighted by Crippen LogP contribution is -2.41. The van der Waals surface area contributed by atoms with Crippen molar-refractivity contribution >= 4 is 11.6 Å². The lowest BCUT2D eigenvalue weighted by Gasteiger charge is -2.33. The van der Waals surface area contributed by atoms with Crippen molar-refractivity contribution in [2.24, 2.45) is 0 Å². The molecule has 5 aromatic rings. The molecule has 0 unspecified atom stereocenters. The SMILES string of the molecule is O=C(c1oc(-c2ccccn2)nc1C(F)(F)F)N1CCc2[nH]cnc2[C@H]1c1cn2ccccc2n1. The molecule has 9 nitrogen and oxygen atoms in total. The summed E-state index contributed by atoms with van der Waals surface area (Å²) in [7, 11) is 0. The Hall–Kier alpha value is -4.48. The number of oxazole rings is 1. The van der Waals surface area contributed by atoms with E-state index in [4.69, 9.17) is 4.42 Å². The fraction of sp³-hybridized carbons (Fsp3) is 0.174. The average Bonchev–Trinajstić information content (AvgIpc) is 3.60. The molecule has 0 radical (unpaired) electrons. The van der Waals surface area contributed by atoms with Crippen molar-refractivity contribution in [2.75, 3.05) is 6.54 Å². The minimum absolute atomic E-state index is 0.0854. The molecule has 1 amide bonds. The van der Waals surface area contributed by atoms with Gasteiger partial charge in [-0.15, -0.1) is 0 Å². The van der Waals surface area contributed by atoms with Crippen LogP contribution in [0.4, 0.5) is 13.2 Å². The highest BCUT2D eigenvalue weighted by molar-refractivity contribution is 5.94. The Balaban J connectivity index is 1.47. The highest BCUT2D eigenvalue weighted by Gasteiger charge is 2.45. The summed E-state index contributed by atoms with van der Waals surface area (Å²) in [4.78, 5) is 34.5. The molecule has 0 fully saturated rings. The Morgan fingerprint density at radius 1 is 1.11 bits per heavy atom. The maximum atomic E-state index is 13.9. The summed E-state index contributed by atoms with van der Waals surface area (Å²) in [5.41, 5.74) is 1.10. The lowest BCUT2D eigenvalue weighted by atomic mass is 9.99. The maximum absolute atomic E-state index is 13.9. The van der Waals surface area contributed by atoms with Gasteiger partial charge in [0, 0.05) is 37.3 Å². The first-order chi connectivity index (χ1) is 16.9. The first kappa shape index (κ1) is 21.1. The van der Waals surface area contributed by atoms with E-state index in [0.29, 0.717) is 23.5 Å².